The monoisotopic (exact) mass is 219 g/mol. The van der Waals surface area contributed by atoms with Gasteiger partial charge in [0.2, 0.25) is 5.89 Å². The lowest BCUT2D eigenvalue weighted by molar-refractivity contribution is 0.236. The maximum Gasteiger partial charge on any atom is 0.245 e. The summed E-state index contributed by atoms with van der Waals surface area (Å²) in [7, 11) is 0. The lowest BCUT2D eigenvalue weighted by Crippen LogP contribution is -2.14. The Morgan fingerprint density at radius 3 is 2.75 bits per heavy atom. The molecule has 16 heavy (non-hydrogen) atoms. The number of hydrogen-bond donors (Lipinski definition) is 2. The molecule has 1 heterocycles. The van der Waals surface area contributed by atoms with Gasteiger partial charge in [0.05, 0.1) is 6.61 Å². The molecule has 0 saturated carbocycles. The molecule has 1 atom stereocenters. The van der Waals surface area contributed by atoms with Crippen LogP contribution in [0.1, 0.15) is 23.3 Å². The third-order valence-electron chi connectivity index (χ3n) is 2.20. The van der Waals surface area contributed by atoms with Crippen molar-refractivity contribution in [2.75, 3.05) is 6.61 Å². The molecule has 0 bridgehead atoms. The molecule has 3 N–H and O–H groups in total. The molecule has 1 unspecified atom stereocenters. The van der Waals surface area contributed by atoms with Gasteiger partial charge in [-0.25, -0.2) is 0 Å². The van der Waals surface area contributed by atoms with Gasteiger partial charge in [-0.2, -0.15) is 4.98 Å². The topological polar surface area (TPSA) is 85.2 Å². The molecule has 0 radical (unpaired) electrons. The average Bonchev–Trinajstić information content (AvgIpc) is 2.78. The van der Waals surface area contributed by atoms with Gasteiger partial charge >= 0.3 is 0 Å². The van der Waals surface area contributed by atoms with Crippen LogP contribution in [0, 0.1) is 0 Å². The first-order valence-corrected chi connectivity index (χ1v) is 5.02. The summed E-state index contributed by atoms with van der Waals surface area (Å²) in [6.07, 6.45) is 0.600. The first kappa shape index (κ1) is 10.8. The summed E-state index contributed by atoms with van der Waals surface area (Å²) in [5.41, 5.74) is 6.66. The summed E-state index contributed by atoms with van der Waals surface area (Å²) in [5, 5.41) is 12.6. The number of hydrogen-bond acceptors (Lipinski definition) is 5. The van der Waals surface area contributed by atoms with Crippen molar-refractivity contribution >= 4 is 0 Å². The summed E-state index contributed by atoms with van der Waals surface area (Å²) in [5.74, 6) is 0.846. The zero-order valence-corrected chi connectivity index (χ0v) is 8.71. The standard InChI is InChI=1S/C11H13N3O2/c12-9(7-15)11-13-10(14-16-11)6-8-4-2-1-3-5-8/h1-5,9,15H,6-7,12H2. The number of nitrogens with two attached hydrogens (primary N) is 1. The van der Waals surface area contributed by atoms with E-state index < -0.39 is 6.04 Å². The highest BCUT2D eigenvalue weighted by atomic mass is 16.5. The molecule has 84 valence electrons. The molecule has 5 nitrogen and oxygen atoms in total. The third kappa shape index (κ3) is 2.44. The van der Waals surface area contributed by atoms with Gasteiger partial charge < -0.3 is 15.4 Å². The molecule has 0 spiro atoms. The van der Waals surface area contributed by atoms with E-state index in [0.717, 1.165) is 5.56 Å². The number of rotatable bonds is 4. The van der Waals surface area contributed by atoms with Gasteiger partial charge in [0.1, 0.15) is 6.04 Å². The Morgan fingerprint density at radius 2 is 2.06 bits per heavy atom. The maximum absolute atomic E-state index is 8.83. The number of aliphatic hydroxyl groups excluding tert-OH is 1. The van der Waals surface area contributed by atoms with Crippen LogP contribution in [0.25, 0.3) is 0 Å². The highest BCUT2D eigenvalue weighted by Gasteiger charge is 2.13. The second-order valence-electron chi connectivity index (χ2n) is 3.50. The highest BCUT2D eigenvalue weighted by molar-refractivity contribution is 5.18. The minimum Gasteiger partial charge on any atom is -0.394 e. The molecule has 5 heteroatoms. The third-order valence-corrected chi connectivity index (χ3v) is 2.20. The molecule has 2 aromatic rings. The van der Waals surface area contributed by atoms with Gasteiger partial charge in [-0.3, -0.25) is 0 Å². The fourth-order valence-corrected chi connectivity index (χ4v) is 1.35. The van der Waals surface area contributed by atoms with Crippen molar-refractivity contribution in [1.29, 1.82) is 0 Å². The second kappa shape index (κ2) is 4.87. The van der Waals surface area contributed by atoms with E-state index in [-0.39, 0.29) is 12.5 Å². The summed E-state index contributed by atoms with van der Waals surface area (Å²) in [6.45, 7) is -0.201. The van der Waals surface area contributed by atoms with Crippen molar-refractivity contribution in [1.82, 2.24) is 10.1 Å². The number of aromatic nitrogens is 2. The molecule has 0 aliphatic rings. The van der Waals surface area contributed by atoms with Crippen molar-refractivity contribution in [3.63, 3.8) is 0 Å². The van der Waals surface area contributed by atoms with Crippen LogP contribution < -0.4 is 5.73 Å². The van der Waals surface area contributed by atoms with E-state index in [1.165, 1.54) is 0 Å². The molecular formula is C11H13N3O2. The smallest absolute Gasteiger partial charge is 0.245 e. The van der Waals surface area contributed by atoms with E-state index >= 15 is 0 Å². The largest absolute Gasteiger partial charge is 0.394 e. The van der Waals surface area contributed by atoms with Gasteiger partial charge in [-0.05, 0) is 5.56 Å². The van der Waals surface area contributed by atoms with Crippen LogP contribution in [-0.4, -0.2) is 21.9 Å². The van der Waals surface area contributed by atoms with Gasteiger partial charge in [0.25, 0.3) is 0 Å². The minimum absolute atomic E-state index is 0.201. The Kier molecular flexibility index (Phi) is 3.28. The molecule has 0 aliphatic carbocycles. The molecule has 0 amide bonds. The minimum atomic E-state index is -0.600. The van der Waals surface area contributed by atoms with Crippen molar-refractivity contribution in [2.24, 2.45) is 5.73 Å². The first-order chi connectivity index (χ1) is 7.79. The predicted octanol–water partition coefficient (Wildman–Crippen LogP) is 0.652. The van der Waals surface area contributed by atoms with E-state index in [9.17, 15) is 0 Å². The molecule has 0 saturated heterocycles. The van der Waals surface area contributed by atoms with Crippen LogP contribution >= 0.6 is 0 Å². The van der Waals surface area contributed by atoms with Crippen molar-refractivity contribution in [2.45, 2.75) is 12.5 Å². The number of aliphatic hydroxyl groups is 1. The van der Waals surface area contributed by atoms with Crippen LogP contribution in [0.5, 0.6) is 0 Å². The van der Waals surface area contributed by atoms with Gasteiger partial charge in [0.15, 0.2) is 5.82 Å². The van der Waals surface area contributed by atoms with E-state index in [0.29, 0.717) is 12.2 Å². The quantitative estimate of drug-likeness (QED) is 0.788. The molecule has 0 fully saturated rings. The molecule has 1 aromatic carbocycles. The zero-order valence-electron chi connectivity index (χ0n) is 8.71. The maximum atomic E-state index is 8.83. The Bertz CT molecular complexity index is 442. The first-order valence-electron chi connectivity index (χ1n) is 5.02. The molecule has 1 aromatic heterocycles. The molecule has 0 aliphatic heterocycles. The Balaban J connectivity index is 2.09. The molecular weight excluding hydrogens is 206 g/mol. The number of benzene rings is 1. The SMILES string of the molecule is NC(CO)c1nc(Cc2ccccc2)no1. The van der Waals surface area contributed by atoms with Crippen LogP contribution in [0.4, 0.5) is 0 Å². The van der Waals surface area contributed by atoms with Gasteiger partial charge in [-0.1, -0.05) is 35.5 Å². The average molecular weight is 219 g/mol. The fraction of sp³-hybridized carbons (Fsp3) is 0.273. The predicted molar refractivity (Wildman–Crippen MR) is 57.6 cm³/mol. The molecule has 2 rings (SSSR count). The van der Waals surface area contributed by atoms with E-state index in [1.54, 1.807) is 0 Å². The van der Waals surface area contributed by atoms with E-state index in [4.69, 9.17) is 15.4 Å². The summed E-state index contributed by atoms with van der Waals surface area (Å²) >= 11 is 0. The van der Waals surface area contributed by atoms with Crippen LogP contribution in [-0.2, 0) is 6.42 Å². The lowest BCUT2D eigenvalue weighted by Gasteiger charge is -1.98. The Hall–Kier alpha value is -1.72. The van der Waals surface area contributed by atoms with Crippen LogP contribution in [0.2, 0.25) is 0 Å². The highest BCUT2D eigenvalue weighted by Crippen LogP contribution is 2.10. The summed E-state index contributed by atoms with van der Waals surface area (Å²) in [6, 6.07) is 9.24. The van der Waals surface area contributed by atoms with Crippen molar-refractivity contribution < 1.29 is 9.63 Å². The number of nitrogens with zero attached hydrogens (tertiary/aromatic N) is 2. The Morgan fingerprint density at radius 1 is 1.31 bits per heavy atom. The van der Waals surface area contributed by atoms with Crippen LogP contribution in [0.15, 0.2) is 34.9 Å². The normalized spacial score (nSPS) is 12.6. The van der Waals surface area contributed by atoms with Crippen LogP contribution in [0.3, 0.4) is 0 Å². The second-order valence-corrected chi connectivity index (χ2v) is 3.50. The van der Waals surface area contributed by atoms with Gasteiger partial charge in [0, 0.05) is 6.42 Å². The fourth-order valence-electron chi connectivity index (χ4n) is 1.35. The van der Waals surface area contributed by atoms with Crippen molar-refractivity contribution in [3.8, 4) is 0 Å². The van der Waals surface area contributed by atoms with E-state index in [2.05, 4.69) is 10.1 Å². The summed E-state index contributed by atoms with van der Waals surface area (Å²) < 4.78 is 4.94. The van der Waals surface area contributed by atoms with Gasteiger partial charge in [-0.15, -0.1) is 0 Å². The van der Waals surface area contributed by atoms with Crippen molar-refractivity contribution in [3.05, 3.63) is 47.6 Å². The zero-order chi connectivity index (χ0) is 11.4. The lowest BCUT2D eigenvalue weighted by atomic mass is 10.1. The van der Waals surface area contributed by atoms with E-state index in [1.807, 2.05) is 30.3 Å². The summed E-state index contributed by atoms with van der Waals surface area (Å²) in [4.78, 5) is 4.11. The Labute approximate surface area is 92.9 Å².